The third-order valence-electron chi connectivity index (χ3n) is 3.70. The predicted molar refractivity (Wildman–Crippen MR) is 98.7 cm³/mol. The second-order valence-electron chi connectivity index (χ2n) is 6.94. The molecule has 0 aliphatic rings. The molecule has 0 aliphatic carbocycles. The van der Waals surface area contributed by atoms with E-state index in [1.807, 2.05) is 24.3 Å². The highest BCUT2D eigenvalue weighted by Gasteiger charge is 2.19. The van der Waals surface area contributed by atoms with E-state index in [9.17, 15) is 4.79 Å². The molecule has 2 aromatic rings. The lowest BCUT2D eigenvalue weighted by Crippen LogP contribution is -2.29. The van der Waals surface area contributed by atoms with Gasteiger partial charge in [-0.25, -0.2) is 0 Å². The maximum Gasteiger partial charge on any atom is 0.258 e. The van der Waals surface area contributed by atoms with Crippen LogP contribution in [0.4, 0.5) is 0 Å². The third-order valence-corrected chi connectivity index (χ3v) is 3.96. The number of carbonyl (C=O) groups excluding carboxylic acids is 1. The number of benzene rings is 2. The number of hydrogen-bond acceptors (Lipinski definition) is 2. The van der Waals surface area contributed by atoms with Crippen molar-refractivity contribution in [3.8, 4) is 5.75 Å². The molecule has 0 saturated heterocycles. The van der Waals surface area contributed by atoms with Crippen molar-refractivity contribution in [2.75, 3.05) is 6.61 Å². The molecule has 128 valence electrons. The van der Waals surface area contributed by atoms with E-state index in [1.54, 1.807) is 12.1 Å². The number of halogens is 1. The average molecular weight is 346 g/mol. The third kappa shape index (κ3) is 5.27. The molecule has 0 aliphatic heterocycles. The molecule has 2 aromatic carbocycles. The minimum Gasteiger partial charge on any atom is -0.483 e. The molecular formula is C20H24ClNO2. The molecule has 0 bridgehead atoms. The van der Waals surface area contributed by atoms with Crippen LogP contribution in [-0.4, -0.2) is 12.5 Å². The van der Waals surface area contributed by atoms with Crippen LogP contribution in [0.15, 0.2) is 42.5 Å². The first-order valence-electron chi connectivity index (χ1n) is 8.01. The van der Waals surface area contributed by atoms with E-state index in [0.29, 0.717) is 11.6 Å². The molecule has 1 amide bonds. The van der Waals surface area contributed by atoms with Gasteiger partial charge in [0.15, 0.2) is 6.61 Å². The molecular weight excluding hydrogens is 322 g/mol. The highest BCUT2D eigenvalue weighted by Crippen LogP contribution is 2.32. The topological polar surface area (TPSA) is 38.3 Å². The molecule has 0 unspecified atom stereocenters. The Balaban J connectivity index is 1.93. The van der Waals surface area contributed by atoms with E-state index in [-0.39, 0.29) is 17.9 Å². The van der Waals surface area contributed by atoms with E-state index < -0.39 is 0 Å². The maximum atomic E-state index is 12.0. The first-order valence-corrected chi connectivity index (χ1v) is 8.38. The first-order chi connectivity index (χ1) is 11.3. The van der Waals surface area contributed by atoms with Crippen molar-refractivity contribution in [1.82, 2.24) is 5.32 Å². The molecule has 0 aromatic heterocycles. The highest BCUT2D eigenvalue weighted by atomic mass is 35.5. The Hall–Kier alpha value is -2.00. The van der Waals surface area contributed by atoms with Gasteiger partial charge in [0, 0.05) is 11.6 Å². The summed E-state index contributed by atoms with van der Waals surface area (Å²) in [5, 5.41) is 3.53. The van der Waals surface area contributed by atoms with Crippen LogP contribution in [0, 0.1) is 6.92 Å². The van der Waals surface area contributed by atoms with Crippen molar-refractivity contribution in [3.63, 3.8) is 0 Å². The van der Waals surface area contributed by atoms with Crippen LogP contribution >= 0.6 is 11.6 Å². The van der Waals surface area contributed by atoms with Crippen molar-refractivity contribution < 1.29 is 9.53 Å². The summed E-state index contributed by atoms with van der Waals surface area (Å²) in [4.78, 5) is 12.0. The normalized spacial score (nSPS) is 11.2. The Morgan fingerprint density at radius 2 is 1.79 bits per heavy atom. The average Bonchev–Trinajstić information content (AvgIpc) is 2.52. The van der Waals surface area contributed by atoms with Gasteiger partial charge in [-0.05, 0) is 41.7 Å². The molecule has 0 atom stereocenters. The summed E-state index contributed by atoms with van der Waals surface area (Å²) in [6.45, 7) is 8.91. The van der Waals surface area contributed by atoms with Gasteiger partial charge in [0.25, 0.3) is 5.91 Å². The van der Waals surface area contributed by atoms with E-state index >= 15 is 0 Å². The van der Waals surface area contributed by atoms with Gasteiger partial charge in [0.05, 0.1) is 0 Å². The Morgan fingerprint density at radius 1 is 1.12 bits per heavy atom. The van der Waals surface area contributed by atoms with Crippen LogP contribution < -0.4 is 10.1 Å². The number of hydrogen-bond donors (Lipinski definition) is 1. The summed E-state index contributed by atoms with van der Waals surface area (Å²) in [6.07, 6.45) is 0. The number of aryl methyl sites for hydroxylation is 1. The monoisotopic (exact) mass is 345 g/mol. The molecule has 0 spiro atoms. The number of rotatable bonds is 5. The molecule has 1 N–H and O–H groups in total. The van der Waals surface area contributed by atoms with E-state index in [4.69, 9.17) is 16.3 Å². The fourth-order valence-electron chi connectivity index (χ4n) is 2.35. The Labute approximate surface area is 149 Å². The molecule has 0 saturated carbocycles. The van der Waals surface area contributed by atoms with E-state index in [1.165, 1.54) is 5.56 Å². The summed E-state index contributed by atoms with van der Waals surface area (Å²) in [5.41, 5.74) is 3.24. The molecule has 4 heteroatoms. The predicted octanol–water partition coefficient (Wildman–Crippen LogP) is 4.64. The van der Waals surface area contributed by atoms with Crippen LogP contribution in [0.5, 0.6) is 5.75 Å². The van der Waals surface area contributed by atoms with E-state index in [0.717, 1.165) is 16.9 Å². The molecule has 2 rings (SSSR count). The minimum absolute atomic E-state index is 0.000267. The van der Waals surface area contributed by atoms with Crippen LogP contribution in [0.3, 0.4) is 0 Å². The zero-order chi connectivity index (χ0) is 17.7. The van der Waals surface area contributed by atoms with Gasteiger partial charge in [-0.2, -0.15) is 0 Å². The van der Waals surface area contributed by atoms with Gasteiger partial charge < -0.3 is 10.1 Å². The van der Waals surface area contributed by atoms with Gasteiger partial charge in [-0.1, -0.05) is 62.2 Å². The van der Waals surface area contributed by atoms with Crippen molar-refractivity contribution in [3.05, 3.63) is 64.2 Å². The van der Waals surface area contributed by atoms with Crippen LogP contribution in [0.25, 0.3) is 0 Å². The van der Waals surface area contributed by atoms with Crippen molar-refractivity contribution in [2.45, 2.75) is 39.7 Å². The second kappa shape index (κ2) is 7.71. The molecule has 24 heavy (non-hydrogen) atoms. The second-order valence-corrected chi connectivity index (χ2v) is 7.38. The summed E-state index contributed by atoms with van der Waals surface area (Å²) in [6, 6.07) is 13.4. The smallest absolute Gasteiger partial charge is 0.258 e. The number of nitrogens with one attached hydrogen (secondary N) is 1. The fourth-order valence-corrected chi connectivity index (χ4v) is 2.48. The SMILES string of the molecule is Cc1ccc(OCC(=O)NCc2ccc(Cl)cc2)c(C(C)(C)C)c1. The summed E-state index contributed by atoms with van der Waals surface area (Å²) < 4.78 is 5.75. The standard InChI is InChI=1S/C20H24ClNO2/c1-14-5-10-18(17(11-14)20(2,3)4)24-13-19(23)22-12-15-6-8-16(21)9-7-15/h5-11H,12-13H2,1-4H3,(H,22,23). The van der Waals surface area contributed by atoms with Crippen LogP contribution in [0.1, 0.15) is 37.5 Å². The number of ether oxygens (including phenoxy) is 1. The van der Waals surface area contributed by atoms with Crippen LogP contribution in [0.2, 0.25) is 5.02 Å². The zero-order valence-corrected chi connectivity index (χ0v) is 15.4. The highest BCUT2D eigenvalue weighted by molar-refractivity contribution is 6.30. The molecule has 0 fully saturated rings. The van der Waals surface area contributed by atoms with Crippen LogP contribution in [-0.2, 0) is 16.8 Å². The minimum atomic E-state index is -0.148. The molecule has 3 nitrogen and oxygen atoms in total. The van der Waals surface area contributed by atoms with Crippen molar-refractivity contribution in [1.29, 1.82) is 0 Å². The largest absolute Gasteiger partial charge is 0.483 e. The summed E-state index contributed by atoms with van der Waals surface area (Å²) >= 11 is 5.85. The Morgan fingerprint density at radius 3 is 2.42 bits per heavy atom. The fraction of sp³-hybridized carbons (Fsp3) is 0.350. The lowest BCUT2D eigenvalue weighted by atomic mass is 9.85. The Bertz CT molecular complexity index is 703. The van der Waals surface area contributed by atoms with Gasteiger partial charge >= 0.3 is 0 Å². The van der Waals surface area contributed by atoms with Gasteiger partial charge in [0.2, 0.25) is 0 Å². The van der Waals surface area contributed by atoms with Gasteiger partial charge in [0.1, 0.15) is 5.75 Å². The maximum absolute atomic E-state index is 12.0. The zero-order valence-electron chi connectivity index (χ0n) is 14.7. The quantitative estimate of drug-likeness (QED) is 0.857. The van der Waals surface area contributed by atoms with Gasteiger partial charge in [-0.3, -0.25) is 4.79 Å². The molecule has 0 radical (unpaired) electrons. The van der Waals surface area contributed by atoms with Crippen molar-refractivity contribution in [2.24, 2.45) is 0 Å². The summed E-state index contributed by atoms with van der Waals surface area (Å²) in [7, 11) is 0. The molecule has 0 heterocycles. The summed E-state index contributed by atoms with van der Waals surface area (Å²) in [5.74, 6) is 0.611. The lowest BCUT2D eigenvalue weighted by Gasteiger charge is -2.23. The van der Waals surface area contributed by atoms with Crippen molar-refractivity contribution >= 4 is 17.5 Å². The Kier molecular flexibility index (Phi) is 5.89. The van der Waals surface area contributed by atoms with Gasteiger partial charge in [-0.15, -0.1) is 0 Å². The number of amides is 1. The van der Waals surface area contributed by atoms with E-state index in [2.05, 4.69) is 39.1 Å². The number of carbonyl (C=O) groups is 1. The lowest BCUT2D eigenvalue weighted by molar-refractivity contribution is -0.123. The first kappa shape index (κ1) is 18.3.